The van der Waals surface area contributed by atoms with Gasteiger partial charge in [-0.1, -0.05) is 102 Å². The first-order valence-corrected chi connectivity index (χ1v) is 28.8. The van der Waals surface area contributed by atoms with E-state index in [0.717, 1.165) is 61.1 Å². The number of aromatic nitrogens is 4. The summed E-state index contributed by atoms with van der Waals surface area (Å²) >= 11 is 0.993. The van der Waals surface area contributed by atoms with E-state index in [0.29, 0.717) is 6.42 Å². The number of hydrogen-bond acceptors (Lipinski definition) is 19. The second-order valence-electron chi connectivity index (χ2n) is 17.5. The Morgan fingerprint density at radius 3 is 2.19 bits per heavy atom. The summed E-state index contributed by atoms with van der Waals surface area (Å²) < 4.78 is 62.4. The van der Waals surface area contributed by atoms with Gasteiger partial charge in [-0.25, -0.2) is 28.6 Å². The van der Waals surface area contributed by atoms with E-state index in [-0.39, 0.29) is 53.8 Å². The van der Waals surface area contributed by atoms with Gasteiger partial charge in [-0.3, -0.25) is 32.5 Å². The summed E-state index contributed by atoms with van der Waals surface area (Å²) in [5.74, 6) is -1.23. The number of aliphatic hydroxyl groups excluding tert-OH is 3. The highest BCUT2D eigenvalue weighted by Gasteiger charge is 2.50. The van der Waals surface area contributed by atoms with Gasteiger partial charge < -0.3 is 56.0 Å². The van der Waals surface area contributed by atoms with Crippen molar-refractivity contribution >= 4 is 69.1 Å². The number of aliphatic hydroxyl groups is 3. The highest BCUT2D eigenvalue weighted by molar-refractivity contribution is 8.13. The van der Waals surface area contributed by atoms with Crippen molar-refractivity contribution in [3.05, 3.63) is 24.8 Å². The Kier molecular flexibility index (Phi) is 26.8. The Hall–Kier alpha value is -2.74. The van der Waals surface area contributed by atoms with Gasteiger partial charge in [0.25, 0.3) is 0 Å². The van der Waals surface area contributed by atoms with Gasteiger partial charge in [0.2, 0.25) is 11.8 Å². The Bertz CT molecular complexity index is 2120. The first-order valence-electron chi connectivity index (χ1n) is 23.3. The average Bonchev–Trinajstić information content (AvgIpc) is 3.84. The van der Waals surface area contributed by atoms with Crippen LogP contribution in [0.15, 0.2) is 24.8 Å². The molecule has 1 aliphatic heterocycles. The fourth-order valence-corrected chi connectivity index (χ4v) is 10.7. The standard InChI is InChI=1S/C41H72N7O18P3S/c1-4-5-6-7-8-9-10-11-12-13-14-15-16-17-18-19-29(49)24-32(51)70-23-22-43-31(50)20-21-44-39(54)36(53)41(2,3)26-63-69(60,61)66-68(58,59)62-25-30-35(65-67(55,56)57)34(52)40(64-30)48-28-47-33-37(42)45-27-46-38(33)48/h13-14,27-30,34-36,40,49,52-53H,4-12,15-26H2,1-3H3,(H,43,50)(H,44,54)(H,58,59)(H,60,61)(H2,42,45,46)(H2,55,56,57)/b14-13-/t29-,30+,34+,35+,36-,40+/m0/s1. The number of anilines is 1. The van der Waals surface area contributed by atoms with E-state index in [1.807, 2.05) is 0 Å². The molecule has 2 aromatic rings. The Morgan fingerprint density at radius 2 is 1.53 bits per heavy atom. The van der Waals surface area contributed by atoms with Crippen LogP contribution in [-0.4, -0.2) is 134 Å². The van der Waals surface area contributed by atoms with Gasteiger partial charge in [-0.05, 0) is 32.1 Å². The van der Waals surface area contributed by atoms with Crippen molar-refractivity contribution in [1.29, 1.82) is 0 Å². The molecule has 1 fully saturated rings. The number of thioether (sulfide) groups is 1. The molecule has 0 radical (unpaired) electrons. The van der Waals surface area contributed by atoms with Crippen LogP contribution in [0.25, 0.3) is 11.2 Å². The normalized spacial score (nSPS) is 20.3. The molecule has 3 rings (SSSR count). The van der Waals surface area contributed by atoms with Crippen LogP contribution in [0.3, 0.4) is 0 Å². The van der Waals surface area contributed by atoms with Crippen LogP contribution in [-0.2, 0) is 50.7 Å². The minimum atomic E-state index is -5.59. The van der Waals surface area contributed by atoms with Gasteiger partial charge in [0.05, 0.1) is 25.6 Å². The third kappa shape index (κ3) is 23.0. The van der Waals surface area contributed by atoms with Gasteiger partial charge in [-0.15, -0.1) is 0 Å². The number of imidazole rings is 1. The molecule has 0 bridgehead atoms. The van der Waals surface area contributed by atoms with Gasteiger partial charge in [0.1, 0.15) is 36.3 Å². The van der Waals surface area contributed by atoms with Gasteiger partial charge in [0.15, 0.2) is 22.8 Å². The molecule has 0 aromatic carbocycles. The predicted molar refractivity (Wildman–Crippen MR) is 257 cm³/mol. The summed E-state index contributed by atoms with van der Waals surface area (Å²) in [6.45, 7) is 2.62. The average molecular weight is 1080 g/mol. The number of phosphoric ester groups is 3. The topological polar surface area (TPSA) is 384 Å². The lowest BCUT2D eigenvalue weighted by atomic mass is 9.87. The lowest BCUT2D eigenvalue weighted by Crippen LogP contribution is -2.46. The van der Waals surface area contributed by atoms with Crippen molar-refractivity contribution in [2.45, 2.75) is 160 Å². The van der Waals surface area contributed by atoms with Crippen LogP contribution in [0.5, 0.6) is 0 Å². The zero-order valence-corrected chi connectivity index (χ0v) is 43.4. The van der Waals surface area contributed by atoms with E-state index in [9.17, 15) is 63.0 Å². The van der Waals surface area contributed by atoms with Crippen molar-refractivity contribution in [3.63, 3.8) is 0 Å². The predicted octanol–water partition coefficient (Wildman–Crippen LogP) is 4.45. The smallest absolute Gasteiger partial charge is 0.393 e. The van der Waals surface area contributed by atoms with Crippen LogP contribution >= 0.6 is 35.2 Å². The molecule has 1 aliphatic rings. The number of carbonyl (C=O) groups excluding carboxylic acids is 3. The molecule has 1 saturated heterocycles. The van der Waals surface area contributed by atoms with Gasteiger partial charge >= 0.3 is 23.5 Å². The fourth-order valence-electron chi connectivity index (χ4n) is 7.10. The second-order valence-corrected chi connectivity index (χ2v) is 22.9. The summed E-state index contributed by atoms with van der Waals surface area (Å²) in [7, 11) is -16.4. The highest BCUT2D eigenvalue weighted by Crippen LogP contribution is 2.61. The van der Waals surface area contributed by atoms with Crippen LogP contribution in [0.4, 0.5) is 5.82 Å². The number of fused-ring (bicyclic) bond motifs is 1. The number of unbranched alkanes of at least 4 members (excludes halogenated alkanes) is 11. The van der Waals surface area contributed by atoms with E-state index in [2.05, 4.69) is 53.5 Å². The number of ether oxygens (including phenoxy) is 1. The molecule has 3 heterocycles. The second kappa shape index (κ2) is 30.5. The van der Waals surface area contributed by atoms with Crippen molar-refractivity contribution in [1.82, 2.24) is 30.2 Å². The largest absolute Gasteiger partial charge is 0.481 e. The number of carbonyl (C=O) groups is 3. The third-order valence-electron chi connectivity index (χ3n) is 11.0. The Labute approximate surface area is 411 Å². The van der Waals surface area contributed by atoms with Crippen LogP contribution in [0.1, 0.15) is 130 Å². The summed E-state index contributed by atoms with van der Waals surface area (Å²) in [5, 5.41) is 36.6. The van der Waals surface area contributed by atoms with E-state index in [4.69, 9.17) is 19.5 Å². The maximum Gasteiger partial charge on any atom is 0.481 e. The number of hydrogen-bond donors (Lipinski definition) is 10. The molecule has 400 valence electrons. The number of nitrogens with two attached hydrogens (primary N) is 1. The quantitative estimate of drug-likeness (QED) is 0.0256. The van der Waals surface area contributed by atoms with Gasteiger partial charge in [0, 0.05) is 37.1 Å². The number of amides is 2. The maximum absolute atomic E-state index is 12.8. The van der Waals surface area contributed by atoms with Crippen molar-refractivity contribution in [2.24, 2.45) is 5.41 Å². The van der Waals surface area contributed by atoms with E-state index in [1.54, 1.807) is 0 Å². The van der Waals surface area contributed by atoms with Crippen LogP contribution in [0.2, 0.25) is 0 Å². The molecule has 29 heteroatoms. The fraction of sp³-hybridized carbons (Fsp3) is 0.756. The minimum absolute atomic E-state index is 0.0129. The summed E-state index contributed by atoms with van der Waals surface area (Å²) in [6, 6.07) is 0. The molecule has 2 amide bonds. The van der Waals surface area contributed by atoms with Gasteiger partial charge in [-0.2, -0.15) is 4.31 Å². The van der Waals surface area contributed by atoms with E-state index < -0.39 is 90.7 Å². The molecule has 8 atom stereocenters. The lowest BCUT2D eigenvalue weighted by Gasteiger charge is -2.30. The minimum Gasteiger partial charge on any atom is -0.393 e. The molecule has 0 saturated carbocycles. The molecular formula is C41H72N7O18P3S. The zero-order chi connectivity index (χ0) is 52.0. The molecule has 0 aliphatic carbocycles. The van der Waals surface area contributed by atoms with Crippen molar-refractivity contribution < 1.29 is 85.6 Å². The monoisotopic (exact) mass is 1080 g/mol. The lowest BCUT2D eigenvalue weighted by molar-refractivity contribution is -0.137. The van der Waals surface area contributed by atoms with E-state index in [1.165, 1.54) is 65.2 Å². The summed E-state index contributed by atoms with van der Waals surface area (Å²) in [4.78, 5) is 88.5. The summed E-state index contributed by atoms with van der Waals surface area (Å²) in [5.41, 5.74) is 4.25. The molecule has 2 aromatic heterocycles. The molecule has 70 heavy (non-hydrogen) atoms. The van der Waals surface area contributed by atoms with Crippen molar-refractivity contribution in [2.75, 3.05) is 37.8 Å². The summed E-state index contributed by atoms with van der Waals surface area (Å²) in [6.07, 6.45) is 12.8. The first kappa shape index (κ1) is 61.6. The van der Waals surface area contributed by atoms with Crippen LogP contribution in [0, 0.1) is 5.41 Å². The van der Waals surface area contributed by atoms with Crippen LogP contribution < -0.4 is 16.4 Å². The number of nitrogens with zero attached hydrogens (tertiary/aromatic N) is 4. The number of nitrogen functional groups attached to an aromatic ring is 1. The molecule has 25 nitrogen and oxygen atoms in total. The number of phosphoric acid groups is 3. The van der Waals surface area contributed by atoms with Crippen molar-refractivity contribution in [3.8, 4) is 0 Å². The highest BCUT2D eigenvalue weighted by atomic mass is 32.2. The van der Waals surface area contributed by atoms with E-state index >= 15 is 0 Å². The Morgan fingerprint density at radius 1 is 0.900 bits per heavy atom. The maximum atomic E-state index is 12.8. The first-order chi connectivity index (χ1) is 32.9. The number of rotatable bonds is 36. The molecular weight excluding hydrogens is 1000 g/mol. The molecule has 0 spiro atoms. The SMILES string of the molecule is CCCCCCCCCC/C=C\CCCCC[C@H](O)CC(=O)SCCNC(=O)CCNC(=O)[C@H](O)C(C)(C)COP(=O)(O)OP(=O)(O)OC[C@H]1O[C@@H](n2cnc3c(N)ncnc32)[C@H](O)[C@@H]1OP(=O)(O)O. The zero-order valence-electron chi connectivity index (χ0n) is 39.9. The Balaban J connectivity index is 1.29. The number of nitrogens with one attached hydrogen (secondary N) is 2. The molecule has 2 unspecified atom stereocenters. The number of allylic oxidation sites excluding steroid dienone is 2. The molecule has 11 N–H and O–H groups in total. The third-order valence-corrected chi connectivity index (χ3v) is 15.0.